The van der Waals surface area contributed by atoms with E-state index in [1.165, 1.54) is 25.9 Å². The van der Waals surface area contributed by atoms with Gasteiger partial charge in [-0.15, -0.1) is 0 Å². The molecule has 0 N–H and O–H groups in total. The number of benzene rings is 1. The highest BCUT2D eigenvalue weighted by molar-refractivity contribution is 9.10. The van der Waals surface area contributed by atoms with Gasteiger partial charge in [-0.2, -0.15) is 0 Å². The van der Waals surface area contributed by atoms with Crippen molar-refractivity contribution in [1.29, 1.82) is 0 Å². The number of hydrogen-bond donors (Lipinski definition) is 0. The molecule has 1 aliphatic rings. The number of rotatable bonds is 5. The van der Waals surface area contributed by atoms with Crippen molar-refractivity contribution >= 4 is 27.5 Å². The summed E-state index contributed by atoms with van der Waals surface area (Å²) in [7, 11) is 0. The van der Waals surface area contributed by atoms with Crippen LogP contribution in [0.5, 0.6) is 5.75 Å². The number of nitrogens with zero attached hydrogens (tertiary/aromatic N) is 1. The highest BCUT2D eigenvalue weighted by atomic mass is 79.9. The zero-order valence-corrected chi connectivity index (χ0v) is 12.1. The van der Waals surface area contributed by atoms with Crippen LogP contribution in [0.1, 0.15) is 19.3 Å². The minimum atomic E-state index is 0.667. The van der Waals surface area contributed by atoms with E-state index in [9.17, 15) is 0 Å². The van der Waals surface area contributed by atoms with Crippen molar-refractivity contribution in [2.75, 3.05) is 26.2 Å². The number of likely N-dealkylation sites (tertiary alicyclic amines) is 1. The number of halogens is 2. The summed E-state index contributed by atoms with van der Waals surface area (Å²) in [5.74, 6) is 0.774. The van der Waals surface area contributed by atoms with E-state index in [4.69, 9.17) is 16.3 Å². The third kappa shape index (κ3) is 4.16. The summed E-state index contributed by atoms with van der Waals surface area (Å²) < 4.78 is 6.65. The van der Waals surface area contributed by atoms with E-state index < -0.39 is 0 Å². The zero-order valence-electron chi connectivity index (χ0n) is 9.79. The van der Waals surface area contributed by atoms with Crippen LogP contribution in [0.25, 0.3) is 0 Å². The molecule has 0 atom stereocenters. The molecule has 2 nitrogen and oxygen atoms in total. The van der Waals surface area contributed by atoms with E-state index in [-0.39, 0.29) is 0 Å². The first-order chi connectivity index (χ1) is 8.25. The lowest BCUT2D eigenvalue weighted by Gasteiger charge is -2.14. The van der Waals surface area contributed by atoms with E-state index in [0.717, 1.165) is 29.8 Å². The standard InChI is InChI=1S/C13H17BrClNO/c14-11-4-5-13(12(15)10-11)17-9-3-8-16-6-1-2-7-16/h4-5,10H,1-3,6-9H2. The lowest BCUT2D eigenvalue weighted by Crippen LogP contribution is -2.21. The lowest BCUT2D eigenvalue weighted by molar-refractivity contribution is 0.263. The van der Waals surface area contributed by atoms with Gasteiger partial charge in [0.25, 0.3) is 0 Å². The molecule has 0 spiro atoms. The van der Waals surface area contributed by atoms with Crippen LogP contribution in [0.3, 0.4) is 0 Å². The second kappa shape index (κ2) is 6.62. The van der Waals surface area contributed by atoms with E-state index in [2.05, 4.69) is 20.8 Å². The van der Waals surface area contributed by atoms with Crippen molar-refractivity contribution in [3.8, 4) is 5.75 Å². The van der Waals surface area contributed by atoms with Crippen molar-refractivity contribution < 1.29 is 4.74 Å². The fourth-order valence-electron chi connectivity index (χ4n) is 2.07. The van der Waals surface area contributed by atoms with E-state index in [0.29, 0.717) is 5.02 Å². The van der Waals surface area contributed by atoms with Crippen molar-refractivity contribution in [2.45, 2.75) is 19.3 Å². The van der Waals surface area contributed by atoms with Crippen LogP contribution >= 0.6 is 27.5 Å². The molecule has 0 amide bonds. The normalized spacial score (nSPS) is 16.4. The second-order valence-electron chi connectivity index (χ2n) is 4.33. The topological polar surface area (TPSA) is 12.5 Å². The molecule has 0 aliphatic carbocycles. The Morgan fingerprint density at radius 2 is 2.06 bits per heavy atom. The Balaban J connectivity index is 1.70. The van der Waals surface area contributed by atoms with Crippen molar-refractivity contribution in [2.24, 2.45) is 0 Å². The Morgan fingerprint density at radius 3 is 2.76 bits per heavy atom. The highest BCUT2D eigenvalue weighted by Gasteiger charge is 2.10. The molecule has 1 heterocycles. The summed E-state index contributed by atoms with van der Waals surface area (Å²) in [5, 5.41) is 0.667. The Hall–Kier alpha value is -0.250. The average molecular weight is 319 g/mol. The molecule has 0 aromatic heterocycles. The molecule has 1 aromatic rings. The molecule has 0 unspecified atom stereocenters. The fraction of sp³-hybridized carbons (Fsp3) is 0.538. The maximum Gasteiger partial charge on any atom is 0.137 e. The monoisotopic (exact) mass is 317 g/mol. The molecule has 1 saturated heterocycles. The molecule has 0 radical (unpaired) electrons. The van der Waals surface area contributed by atoms with Crippen LogP contribution < -0.4 is 4.74 Å². The van der Waals surface area contributed by atoms with E-state index in [1.807, 2.05) is 18.2 Å². The first-order valence-electron chi connectivity index (χ1n) is 6.06. The van der Waals surface area contributed by atoms with Gasteiger partial charge >= 0.3 is 0 Å². The predicted molar refractivity (Wildman–Crippen MR) is 74.9 cm³/mol. The summed E-state index contributed by atoms with van der Waals surface area (Å²) in [6.07, 6.45) is 3.76. The first kappa shape index (κ1) is 13.2. The summed E-state index contributed by atoms with van der Waals surface area (Å²) in [4.78, 5) is 2.49. The molecule has 4 heteroatoms. The molecular formula is C13H17BrClNO. The van der Waals surface area contributed by atoms with Crippen molar-refractivity contribution in [3.05, 3.63) is 27.7 Å². The summed E-state index contributed by atoms with van der Waals surface area (Å²) in [5.41, 5.74) is 0. The summed E-state index contributed by atoms with van der Waals surface area (Å²) >= 11 is 9.45. The molecule has 1 fully saturated rings. The largest absolute Gasteiger partial charge is 0.492 e. The fourth-order valence-corrected chi connectivity index (χ4v) is 2.80. The van der Waals surface area contributed by atoms with E-state index in [1.54, 1.807) is 0 Å². The maximum atomic E-state index is 6.07. The van der Waals surface area contributed by atoms with Gasteiger partial charge in [-0.25, -0.2) is 0 Å². The molecule has 0 saturated carbocycles. The molecule has 1 aliphatic heterocycles. The maximum absolute atomic E-state index is 6.07. The Morgan fingerprint density at radius 1 is 1.29 bits per heavy atom. The van der Waals surface area contributed by atoms with E-state index >= 15 is 0 Å². The van der Waals surface area contributed by atoms with Crippen LogP contribution in [-0.2, 0) is 0 Å². The zero-order chi connectivity index (χ0) is 12.1. The second-order valence-corrected chi connectivity index (χ2v) is 5.65. The van der Waals surface area contributed by atoms with Crippen LogP contribution in [-0.4, -0.2) is 31.1 Å². The minimum absolute atomic E-state index is 0.667. The molecule has 17 heavy (non-hydrogen) atoms. The minimum Gasteiger partial charge on any atom is -0.492 e. The smallest absolute Gasteiger partial charge is 0.137 e. The summed E-state index contributed by atoms with van der Waals surface area (Å²) in [6, 6.07) is 5.71. The quantitative estimate of drug-likeness (QED) is 0.762. The van der Waals surface area contributed by atoms with Crippen LogP contribution in [0.4, 0.5) is 0 Å². The Labute approximate surface area is 116 Å². The average Bonchev–Trinajstić information content (AvgIpc) is 2.79. The molecule has 2 rings (SSSR count). The third-order valence-corrected chi connectivity index (χ3v) is 3.76. The summed E-state index contributed by atoms with van der Waals surface area (Å²) in [6.45, 7) is 4.37. The first-order valence-corrected chi connectivity index (χ1v) is 7.23. The van der Waals surface area contributed by atoms with Gasteiger partial charge in [0.05, 0.1) is 11.6 Å². The lowest BCUT2D eigenvalue weighted by atomic mass is 10.3. The van der Waals surface area contributed by atoms with Gasteiger partial charge in [0.1, 0.15) is 5.75 Å². The Kier molecular flexibility index (Phi) is 5.14. The van der Waals surface area contributed by atoms with Gasteiger partial charge in [0.15, 0.2) is 0 Å². The molecular weight excluding hydrogens is 302 g/mol. The molecule has 0 bridgehead atoms. The predicted octanol–water partition coefficient (Wildman–Crippen LogP) is 3.97. The molecule has 1 aromatic carbocycles. The van der Waals surface area contributed by atoms with Gasteiger partial charge in [-0.05, 0) is 50.6 Å². The van der Waals surface area contributed by atoms with Crippen LogP contribution in [0.2, 0.25) is 5.02 Å². The van der Waals surface area contributed by atoms with Gasteiger partial charge in [0, 0.05) is 11.0 Å². The van der Waals surface area contributed by atoms with Gasteiger partial charge in [0.2, 0.25) is 0 Å². The third-order valence-electron chi connectivity index (χ3n) is 2.97. The SMILES string of the molecule is Clc1cc(Br)ccc1OCCCN1CCCC1. The van der Waals surface area contributed by atoms with Gasteiger partial charge in [-0.1, -0.05) is 27.5 Å². The molecule has 94 valence electrons. The number of hydrogen-bond acceptors (Lipinski definition) is 2. The highest BCUT2D eigenvalue weighted by Crippen LogP contribution is 2.27. The van der Waals surface area contributed by atoms with Crippen molar-refractivity contribution in [3.63, 3.8) is 0 Å². The van der Waals surface area contributed by atoms with Crippen molar-refractivity contribution in [1.82, 2.24) is 4.90 Å². The van der Waals surface area contributed by atoms with Crippen LogP contribution in [0.15, 0.2) is 22.7 Å². The number of ether oxygens (including phenoxy) is 1. The van der Waals surface area contributed by atoms with Gasteiger partial charge < -0.3 is 9.64 Å². The van der Waals surface area contributed by atoms with Gasteiger partial charge in [-0.3, -0.25) is 0 Å². The Bertz CT molecular complexity index is 366. The van der Waals surface area contributed by atoms with Crippen LogP contribution in [0, 0.1) is 0 Å².